The highest BCUT2D eigenvalue weighted by molar-refractivity contribution is 5.79. The first-order valence-electron chi connectivity index (χ1n) is 12.1. The number of nitrogens with zero attached hydrogens (tertiary/aromatic N) is 4. The molecule has 1 aliphatic heterocycles. The van der Waals surface area contributed by atoms with Crippen molar-refractivity contribution in [1.29, 1.82) is 5.26 Å². The van der Waals surface area contributed by atoms with E-state index in [0.717, 1.165) is 12.8 Å². The van der Waals surface area contributed by atoms with Gasteiger partial charge in [-0.05, 0) is 62.9 Å². The van der Waals surface area contributed by atoms with Gasteiger partial charge in [-0.1, -0.05) is 5.92 Å². The molecule has 0 unspecified atom stereocenters. The van der Waals surface area contributed by atoms with E-state index in [-0.39, 0.29) is 17.8 Å². The Morgan fingerprint density at radius 1 is 1.19 bits per heavy atom. The maximum absolute atomic E-state index is 14.6. The lowest BCUT2D eigenvalue weighted by Crippen LogP contribution is -2.34. The van der Waals surface area contributed by atoms with Crippen LogP contribution in [0.2, 0.25) is 0 Å². The fraction of sp³-hybridized carbons (Fsp3) is 0.444. The summed E-state index contributed by atoms with van der Waals surface area (Å²) in [6.45, 7) is 3.77. The number of halogens is 3. The SMILES string of the molecule is CC(C)(C#N)c1ccc(NCC#Cc2cc3nc(CNC4CCOCC4)ccc3n2C(F)(F)CF)cn1. The summed E-state index contributed by atoms with van der Waals surface area (Å²) >= 11 is 0. The number of alkyl halides is 3. The van der Waals surface area contributed by atoms with Gasteiger partial charge >= 0.3 is 6.05 Å². The first kappa shape index (κ1) is 26.5. The van der Waals surface area contributed by atoms with E-state index >= 15 is 0 Å². The molecule has 37 heavy (non-hydrogen) atoms. The van der Waals surface area contributed by atoms with Crippen molar-refractivity contribution in [2.45, 2.75) is 50.7 Å². The topological polar surface area (TPSA) is 87.8 Å². The zero-order valence-electron chi connectivity index (χ0n) is 20.8. The largest absolute Gasteiger partial charge is 0.381 e. The Bertz CT molecular complexity index is 1330. The minimum atomic E-state index is -3.75. The van der Waals surface area contributed by atoms with Gasteiger partial charge in [-0.3, -0.25) is 9.55 Å². The summed E-state index contributed by atoms with van der Waals surface area (Å²) in [5.41, 5.74) is 1.74. The van der Waals surface area contributed by atoms with Gasteiger partial charge < -0.3 is 15.4 Å². The number of ether oxygens (including phenoxy) is 1. The van der Waals surface area contributed by atoms with Gasteiger partial charge in [-0.15, -0.1) is 0 Å². The summed E-state index contributed by atoms with van der Waals surface area (Å²) in [4.78, 5) is 8.81. The molecule has 0 aromatic carbocycles. The van der Waals surface area contributed by atoms with Crippen molar-refractivity contribution < 1.29 is 17.9 Å². The zero-order valence-corrected chi connectivity index (χ0v) is 20.8. The third kappa shape index (κ3) is 6.22. The van der Waals surface area contributed by atoms with Gasteiger partial charge in [0.1, 0.15) is 0 Å². The Morgan fingerprint density at radius 2 is 1.97 bits per heavy atom. The molecule has 0 atom stereocenters. The summed E-state index contributed by atoms with van der Waals surface area (Å²) in [7, 11) is 0. The summed E-state index contributed by atoms with van der Waals surface area (Å²) in [5, 5.41) is 15.7. The number of nitriles is 1. The summed E-state index contributed by atoms with van der Waals surface area (Å²) < 4.78 is 48.4. The van der Waals surface area contributed by atoms with Crippen LogP contribution < -0.4 is 10.6 Å². The monoisotopic (exact) mass is 510 g/mol. The van der Waals surface area contributed by atoms with Crippen LogP contribution in [0.1, 0.15) is 43.8 Å². The number of hydrogen-bond acceptors (Lipinski definition) is 6. The van der Waals surface area contributed by atoms with Crippen LogP contribution in [0.5, 0.6) is 0 Å². The molecule has 3 aromatic heterocycles. The van der Waals surface area contributed by atoms with Crippen molar-refractivity contribution >= 4 is 16.7 Å². The average molecular weight is 511 g/mol. The zero-order chi connectivity index (χ0) is 26.5. The molecule has 4 heterocycles. The molecule has 0 aliphatic carbocycles. The highest BCUT2D eigenvalue weighted by atomic mass is 19.3. The van der Waals surface area contributed by atoms with E-state index in [0.29, 0.717) is 53.0 Å². The van der Waals surface area contributed by atoms with Crippen LogP contribution in [0, 0.1) is 23.2 Å². The minimum absolute atomic E-state index is 0.0225. The second-order valence-corrected chi connectivity index (χ2v) is 9.46. The predicted molar refractivity (Wildman–Crippen MR) is 135 cm³/mol. The first-order chi connectivity index (χ1) is 17.7. The van der Waals surface area contributed by atoms with E-state index in [9.17, 15) is 18.4 Å². The van der Waals surface area contributed by atoms with E-state index in [4.69, 9.17) is 4.74 Å². The lowest BCUT2D eigenvalue weighted by molar-refractivity contribution is -0.0959. The van der Waals surface area contributed by atoms with Crippen LogP contribution in [-0.4, -0.2) is 47.0 Å². The van der Waals surface area contributed by atoms with E-state index in [1.165, 1.54) is 12.1 Å². The maximum Gasteiger partial charge on any atom is 0.358 e. The average Bonchev–Trinajstić information content (AvgIpc) is 3.29. The molecule has 0 bridgehead atoms. The lowest BCUT2D eigenvalue weighted by atomic mass is 9.91. The van der Waals surface area contributed by atoms with E-state index < -0.39 is 18.1 Å². The van der Waals surface area contributed by atoms with Crippen LogP contribution in [0.4, 0.5) is 18.9 Å². The Morgan fingerprint density at radius 3 is 2.65 bits per heavy atom. The maximum atomic E-state index is 14.6. The van der Waals surface area contributed by atoms with Crippen LogP contribution in [0.15, 0.2) is 36.5 Å². The van der Waals surface area contributed by atoms with Crippen molar-refractivity contribution in [2.24, 2.45) is 0 Å². The molecule has 0 spiro atoms. The molecular formula is C27H29F3N6O. The normalized spacial score (nSPS) is 14.7. The van der Waals surface area contributed by atoms with Crippen molar-refractivity contribution in [1.82, 2.24) is 19.9 Å². The number of rotatable bonds is 8. The highest BCUT2D eigenvalue weighted by Gasteiger charge is 2.35. The van der Waals surface area contributed by atoms with Crippen molar-refractivity contribution in [3.05, 3.63) is 53.6 Å². The predicted octanol–water partition coefficient (Wildman–Crippen LogP) is 4.48. The molecule has 1 aliphatic rings. The third-order valence-corrected chi connectivity index (χ3v) is 6.28. The van der Waals surface area contributed by atoms with Crippen LogP contribution in [0.25, 0.3) is 11.0 Å². The van der Waals surface area contributed by atoms with Gasteiger partial charge in [-0.25, -0.2) is 9.37 Å². The van der Waals surface area contributed by atoms with Crippen molar-refractivity contribution in [2.75, 3.05) is 31.7 Å². The van der Waals surface area contributed by atoms with Crippen molar-refractivity contribution in [3.8, 4) is 17.9 Å². The molecule has 194 valence electrons. The second kappa shape index (κ2) is 11.2. The smallest absolute Gasteiger partial charge is 0.358 e. The fourth-order valence-corrected chi connectivity index (χ4v) is 4.09. The molecule has 0 amide bonds. The molecule has 1 saturated heterocycles. The molecule has 3 aromatic rings. The Kier molecular flexibility index (Phi) is 8.01. The quantitative estimate of drug-likeness (QED) is 0.435. The Balaban J connectivity index is 1.50. The van der Waals surface area contributed by atoms with Crippen LogP contribution in [0.3, 0.4) is 0 Å². The van der Waals surface area contributed by atoms with Gasteiger partial charge in [0.25, 0.3) is 0 Å². The Labute approximate surface area is 214 Å². The fourth-order valence-electron chi connectivity index (χ4n) is 4.09. The number of fused-ring (bicyclic) bond motifs is 1. The molecule has 4 rings (SSSR count). The molecule has 7 nitrogen and oxygen atoms in total. The highest BCUT2D eigenvalue weighted by Crippen LogP contribution is 2.30. The number of nitrogens with one attached hydrogen (secondary N) is 2. The van der Waals surface area contributed by atoms with Crippen molar-refractivity contribution in [3.63, 3.8) is 0 Å². The summed E-state index contributed by atoms with van der Waals surface area (Å²) in [5.74, 6) is 5.55. The molecule has 0 saturated carbocycles. The van der Waals surface area contributed by atoms with Gasteiger partial charge in [-0.2, -0.15) is 14.0 Å². The standard InChI is InChI=1S/C27H29F3N6O/c1-26(2,18-31)25-8-6-20(15-34-25)32-11-3-4-22-14-23-24(36(22)27(29,30)17-28)7-5-21(35-23)16-33-19-9-12-37-13-10-19/h5-8,14-15,19,32-33H,9-13,16-17H2,1-2H3. The van der Waals surface area contributed by atoms with Gasteiger partial charge in [0, 0.05) is 25.8 Å². The van der Waals surface area contributed by atoms with Gasteiger partial charge in [0.15, 0.2) is 6.67 Å². The van der Waals surface area contributed by atoms with Gasteiger partial charge in [0.05, 0.1) is 58.0 Å². The first-order valence-corrected chi connectivity index (χ1v) is 12.1. The second-order valence-electron chi connectivity index (χ2n) is 9.46. The number of anilines is 1. The van der Waals surface area contributed by atoms with E-state index in [1.54, 1.807) is 38.2 Å². The van der Waals surface area contributed by atoms with E-state index in [1.807, 2.05) is 0 Å². The van der Waals surface area contributed by atoms with E-state index in [2.05, 4.69) is 38.5 Å². The number of pyridine rings is 2. The van der Waals surface area contributed by atoms with Crippen LogP contribution in [-0.2, 0) is 22.7 Å². The molecule has 0 radical (unpaired) electrons. The van der Waals surface area contributed by atoms with Crippen LogP contribution >= 0.6 is 0 Å². The molecule has 10 heteroatoms. The molecular weight excluding hydrogens is 481 g/mol. The van der Waals surface area contributed by atoms with Gasteiger partial charge in [0.2, 0.25) is 0 Å². The minimum Gasteiger partial charge on any atom is -0.381 e. The lowest BCUT2D eigenvalue weighted by Gasteiger charge is -2.23. The summed E-state index contributed by atoms with van der Waals surface area (Å²) in [6.07, 6.45) is 3.41. The molecule has 1 fully saturated rings. The number of hydrogen-bond donors (Lipinski definition) is 2. The number of aromatic nitrogens is 3. The Hall–Kier alpha value is -3.60. The third-order valence-electron chi connectivity index (χ3n) is 6.28. The molecule has 2 N–H and O–H groups in total. The summed E-state index contributed by atoms with van der Waals surface area (Å²) in [6, 6.07) is 6.96.